The lowest BCUT2D eigenvalue weighted by atomic mass is 9.95. The van der Waals surface area contributed by atoms with E-state index in [0.717, 1.165) is 6.42 Å². The summed E-state index contributed by atoms with van der Waals surface area (Å²) in [4.78, 5) is 0. The van der Waals surface area contributed by atoms with Crippen molar-refractivity contribution in [2.24, 2.45) is 0 Å². The number of ether oxygens (including phenoxy) is 1. The third-order valence-electron chi connectivity index (χ3n) is 6.08. The van der Waals surface area contributed by atoms with Crippen molar-refractivity contribution in [1.82, 2.24) is 0 Å². The Morgan fingerprint density at radius 3 is 1.31 bits per heavy atom. The molecule has 0 bridgehead atoms. The summed E-state index contributed by atoms with van der Waals surface area (Å²) in [6, 6.07) is 30.2. The molecule has 0 aliphatic rings. The van der Waals surface area contributed by atoms with Gasteiger partial charge in [-0.25, -0.2) is 0 Å². The van der Waals surface area contributed by atoms with Crippen LogP contribution in [0.3, 0.4) is 0 Å². The molecule has 4 aromatic rings. The lowest BCUT2D eigenvalue weighted by Crippen LogP contribution is -1.95. The van der Waals surface area contributed by atoms with Gasteiger partial charge in [0.15, 0.2) is 0 Å². The Morgan fingerprint density at radius 1 is 0.486 bits per heavy atom. The normalized spacial score (nSPS) is 10.1. The largest absolute Gasteiger partial charge is 0.380 e. The smallest absolute Gasteiger partial charge is 0.0713 e. The first-order valence-electron chi connectivity index (χ1n) is 12.4. The average Bonchev–Trinajstić information content (AvgIpc) is 2.83. The molecule has 184 valence electrons. The maximum absolute atomic E-state index is 4.97. The highest BCUT2D eigenvalue weighted by atomic mass is 16.5. The Balaban J connectivity index is 0.000000204. The maximum Gasteiger partial charge on any atom is 0.0713 e. The molecule has 0 amide bonds. The second kappa shape index (κ2) is 14.3. The van der Waals surface area contributed by atoms with E-state index in [1.165, 1.54) is 55.6 Å². The summed E-state index contributed by atoms with van der Waals surface area (Å²) in [6.07, 6.45) is 1.04. The number of rotatable bonds is 4. The van der Waals surface area contributed by atoms with Crippen LogP contribution in [0.15, 0.2) is 84.9 Å². The Morgan fingerprint density at radius 2 is 0.886 bits per heavy atom. The molecule has 0 aromatic heterocycles. The number of aryl methyl sites for hydroxylation is 6. The first-order valence-corrected chi connectivity index (χ1v) is 12.4. The van der Waals surface area contributed by atoms with Crippen molar-refractivity contribution in [3.63, 3.8) is 0 Å². The van der Waals surface area contributed by atoms with Crippen molar-refractivity contribution < 1.29 is 4.74 Å². The summed E-state index contributed by atoms with van der Waals surface area (Å²) < 4.78 is 4.97. The van der Waals surface area contributed by atoms with E-state index in [4.69, 9.17) is 4.74 Å². The molecule has 1 nitrogen and oxygen atoms in total. The van der Waals surface area contributed by atoms with Gasteiger partial charge in [0.1, 0.15) is 0 Å². The van der Waals surface area contributed by atoms with E-state index in [1.54, 1.807) is 7.11 Å². The standard InChI is InChI=1S/C17H20.C9H12O.C8H10/c1-12-5-7-16(8-6-12)11-17-10-13(2)9-14(3)15(17)4;1-8-3-5-9(6-4-8)7-10-2;1-7-3-5-8(2)6-4-7/h5-10H,11H2,1-4H3;3-6H,7H2,1-2H3;3-6H,1-2H3. The van der Waals surface area contributed by atoms with Gasteiger partial charge in [-0.15, -0.1) is 0 Å². The SMILES string of the molecule is COCc1ccc(C)cc1.Cc1ccc(C)cc1.Cc1ccc(Cc2cc(C)cc(C)c2C)cc1. The predicted molar refractivity (Wildman–Crippen MR) is 152 cm³/mol. The molecule has 0 atom stereocenters. The van der Waals surface area contributed by atoms with E-state index in [-0.39, 0.29) is 0 Å². The molecule has 35 heavy (non-hydrogen) atoms. The van der Waals surface area contributed by atoms with Crippen molar-refractivity contribution in [2.75, 3.05) is 7.11 Å². The second-order valence-electron chi connectivity index (χ2n) is 9.60. The number of benzene rings is 4. The van der Waals surface area contributed by atoms with E-state index < -0.39 is 0 Å². The molecule has 4 rings (SSSR count). The van der Waals surface area contributed by atoms with Crippen LogP contribution < -0.4 is 0 Å². The van der Waals surface area contributed by atoms with Gasteiger partial charge in [0.05, 0.1) is 6.61 Å². The van der Waals surface area contributed by atoms with Crippen LogP contribution in [0.1, 0.15) is 55.6 Å². The van der Waals surface area contributed by atoms with Gasteiger partial charge in [0, 0.05) is 7.11 Å². The zero-order chi connectivity index (χ0) is 25.8. The minimum absolute atomic E-state index is 0.709. The molecule has 0 spiro atoms. The van der Waals surface area contributed by atoms with E-state index in [9.17, 15) is 0 Å². The minimum atomic E-state index is 0.709. The third-order valence-corrected chi connectivity index (χ3v) is 6.08. The first kappa shape index (κ1) is 28.1. The highest BCUT2D eigenvalue weighted by molar-refractivity contribution is 5.40. The Kier molecular flexibility index (Phi) is 11.5. The van der Waals surface area contributed by atoms with Crippen molar-refractivity contribution in [3.8, 4) is 0 Å². The molecule has 0 fully saturated rings. The van der Waals surface area contributed by atoms with Gasteiger partial charge in [-0.1, -0.05) is 113 Å². The van der Waals surface area contributed by atoms with Crippen LogP contribution in [0.2, 0.25) is 0 Å². The van der Waals surface area contributed by atoms with Crippen LogP contribution in [-0.2, 0) is 17.8 Å². The molecule has 0 saturated carbocycles. The zero-order valence-corrected chi connectivity index (χ0v) is 22.9. The number of methoxy groups -OCH3 is 1. The summed E-state index contributed by atoms with van der Waals surface area (Å²) >= 11 is 0. The van der Waals surface area contributed by atoms with Gasteiger partial charge >= 0.3 is 0 Å². The summed E-state index contributed by atoms with van der Waals surface area (Å²) in [5.74, 6) is 0. The van der Waals surface area contributed by atoms with Crippen molar-refractivity contribution in [1.29, 1.82) is 0 Å². The molecule has 0 aliphatic heterocycles. The molecule has 0 saturated heterocycles. The maximum atomic E-state index is 4.97. The van der Waals surface area contributed by atoms with Crippen molar-refractivity contribution in [2.45, 2.75) is 61.5 Å². The molecule has 4 aromatic carbocycles. The molecule has 0 radical (unpaired) electrons. The minimum Gasteiger partial charge on any atom is -0.380 e. The molecular weight excluding hydrogens is 424 g/mol. The quantitative estimate of drug-likeness (QED) is 0.292. The number of hydrogen-bond donors (Lipinski definition) is 0. The molecular formula is C34H42O. The van der Waals surface area contributed by atoms with Crippen molar-refractivity contribution in [3.05, 3.63) is 141 Å². The zero-order valence-electron chi connectivity index (χ0n) is 22.9. The van der Waals surface area contributed by atoms with E-state index in [2.05, 4.69) is 133 Å². The molecule has 0 heterocycles. The second-order valence-corrected chi connectivity index (χ2v) is 9.60. The van der Waals surface area contributed by atoms with Crippen LogP contribution >= 0.6 is 0 Å². The molecule has 0 aliphatic carbocycles. The van der Waals surface area contributed by atoms with E-state index in [1.807, 2.05) is 0 Å². The van der Waals surface area contributed by atoms with E-state index >= 15 is 0 Å². The Hall–Kier alpha value is -3.16. The predicted octanol–water partition coefficient (Wildman–Crippen LogP) is 8.96. The Bertz CT molecular complexity index is 1130. The van der Waals surface area contributed by atoms with Crippen LogP contribution in [0, 0.1) is 48.5 Å². The van der Waals surface area contributed by atoms with Gasteiger partial charge < -0.3 is 4.74 Å². The Labute approximate surface area is 213 Å². The van der Waals surface area contributed by atoms with Crippen LogP contribution in [0.25, 0.3) is 0 Å². The summed E-state index contributed by atoms with van der Waals surface area (Å²) in [7, 11) is 1.71. The topological polar surface area (TPSA) is 9.23 Å². The summed E-state index contributed by atoms with van der Waals surface area (Å²) in [5.41, 5.74) is 13.5. The van der Waals surface area contributed by atoms with Gasteiger partial charge in [-0.2, -0.15) is 0 Å². The fourth-order valence-corrected chi connectivity index (χ4v) is 3.73. The van der Waals surface area contributed by atoms with E-state index in [0.29, 0.717) is 6.61 Å². The van der Waals surface area contributed by atoms with Gasteiger partial charge in [0.25, 0.3) is 0 Å². The lowest BCUT2D eigenvalue weighted by Gasteiger charge is -2.11. The van der Waals surface area contributed by atoms with Gasteiger partial charge in [0.2, 0.25) is 0 Å². The summed E-state index contributed by atoms with van der Waals surface area (Å²) in [5, 5.41) is 0. The van der Waals surface area contributed by atoms with Crippen molar-refractivity contribution >= 4 is 0 Å². The lowest BCUT2D eigenvalue weighted by molar-refractivity contribution is 0.185. The summed E-state index contributed by atoms with van der Waals surface area (Å²) in [6.45, 7) is 15.7. The molecule has 1 heteroatoms. The number of hydrogen-bond acceptors (Lipinski definition) is 1. The molecule has 0 N–H and O–H groups in total. The average molecular weight is 467 g/mol. The highest BCUT2D eigenvalue weighted by Crippen LogP contribution is 2.19. The monoisotopic (exact) mass is 466 g/mol. The fourth-order valence-electron chi connectivity index (χ4n) is 3.73. The van der Waals surface area contributed by atoms with Gasteiger partial charge in [-0.3, -0.25) is 0 Å². The van der Waals surface area contributed by atoms with Crippen LogP contribution in [0.5, 0.6) is 0 Å². The van der Waals surface area contributed by atoms with Crippen LogP contribution in [-0.4, -0.2) is 7.11 Å². The van der Waals surface area contributed by atoms with Gasteiger partial charge in [-0.05, 0) is 82.7 Å². The molecule has 0 unspecified atom stereocenters. The van der Waals surface area contributed by atoms with Crippen LogP contribution in [0.4, 0.5) is 0 Å². The first-order chi connectivity index (χ1) is 16.7. The third kappa shape index (κ3) is 10.3. The fraction of sp³-hybridized carbons (Fsp3) is 0.294. The highest BCUT2D eigenvalue weighted by Gasteiger charge is 2.04.